The zero-order valence-corrected chi connectivity index (χ0v) is 21.3. The smallest absolute Gasteiger partial charge is 0.338 e. The van der Waals surface area contributed by atoms with Gasteiger partial charge in [0.25, 0.3) is 0 Å². The fourth-order valence-corrected chi connectivity index (χ4v) is 4.38. The average Bonchev–Trinajstić information content (AvgIpc) is 2.76. The van der Waals surface area contributed by atoms with Gasteiger partial charge in [-0.25, -0.2) is 9.59 Å². The molecule has 1 aliphatic rings. The standard InChI is InChI=1S/C26H32N4O3S/c1-7-30-18(6)21(24(31)33-15(2)3)23(29-26(30)34)19-11-13-20(14-12-19)27-25(32)28-22-16(4)9-8-10-17(22)5/h8-15,23H,7H2,1-6H3,(H,29,34)(H2,27,28,32)/t23-/m1/s1. The topological polar surface area (TPSA) is 82.7 Å². The lowest BCUT2D eigenvalue weighted by atomic mass is 9.94. The van der Waals surface area contributed by atoms with Crippen LogP contribution in [0.5, 0.6) is 0 Å². The zero-order valence-electron chi connectivity index (χ0n) is 20.5. The molecule has 0 fully saturated rings. The molecule has 7 nitrogen and oxygen atoms in total. The number of benzene rings is 2. The Kier molecular flexibility index (Phi) is 7.94. The van der Waals surface area contributed by atoms with Crippen LogP contribution < -0.4 is 16.0 Å². The molecule has 1 heterocycles. The van der Waals surface area contributed by atoms with Gasteiger partial charge in [-0.15, -0.1) is 0 Å². The van der Waals surface area contributed by atoms with Crippen molar-refractivity contribution >= 4 is 40.7 Å². The number of hydrogen-bond donors (Lipinski definition) is 3. The highest BCUT2D eigenvalue weighted by Crippen LogP contribution is 2.32. The highest BCUT2D eigenvalue weighted by Gasteiger charge is 2.34. The minimum Gasteiger partial charge on any atom is -0.459 e. The Labute approximate surface area is 206 Å². The number of esters is 1. The van der Waals surface area contributed by atoms with Crippen LogP contribution in [0.25, 0.3) is 0 Å². The van der Waals surface area contributed by atoms with Crippen molar-refractivity contribution in [3.63, 3.8) is 0 Å². The lowest BCUT2D eigenvalue weighted by molar-refractivity contribution is -0.143. The minimum atomic E-state index is -0.445. The number of urea groups is 1. The van der Waals surface area contributed by atoms with Crippen molar-refractivity contribution in [2.75, 3.05) is 17.2 Å². The number of ether oxygens (including phenoxy) is 1. The van der Waals surface area contributed by atoms with Gasteiger partial charge >= 0.3 is 12.0 Å². The monoisotopic (exact) mass is 480 g/mol. The summed E-state index contributed by atoms with van der Waals surface area (Å²) in [6.45, 7) is 12.1. The van der Waals surface area contributed by atoms with Gasteiger partial charge in [0.2, 0.25) is 0 Å². The summed E-state index contributed by atoms with van der Waals surface area (Å²) in [5, 5.41) is 9.60. The van der Waals surface area contributed by atoms with Crippen molar-refractivity contribution in [3.05, 3.63) is 70.4 Å². The first-order chi connectivity index (χ1) is 16.1. The third-order valence-electron chi connectivity index (χ3n) is 5.70. The molecule has 34 heavy (non-hydrogen) atoms. The van der Waals surface area contributed by atoms with E-state index < -0.39 is 6.04 Å². The van der Waals surface area contributed by atoms with Crippen molar-refractivity contribution < 1.29 is 14.3 Å². The summed E-state index contributed by atoms with van der Waals surface area (Å²) in [5.41, 5.74) is 5.56. The van der Waals surface area contributed by atoms with E-state index in [2.05, 4.69) is 16.0 Å². The molecule has 3 rings (SSSR count). The van der Waals surface area contributed by atoms with Crippen LogP contribution >= 0.6 is 12.2 Å². The number of hydrogen-bond acceptors (Lipinski definition) is 4. The lowest BCUT2D eigenvalue weighted by Crippen LogP contribution is -2.47. The second-order valence-electron chi connectivity index (χ2n) is 8.55. The third-order valence-corrected chi connectivity index (χ3v) is 6.03. The summed E-state index contributed by atoms with van der Waals surface area (Å²) in [4.78, 5) is 27.4. The van der Waals surface area contributed by atoms with E-state index in [9.17, 15) is 9.59 Å². The Morgan fingerprint density at radius 1 is 1.06 bits per heavy atom. The molecule has 0 aliphatic carbocycles. The zero-order chi connectivity index (χ0) is 25.0. The van der Waals surface area contributed by atoms with Gasteiger partial charge in [-0.3, -0.25) is 0 Å². The highest BCUT2D eigenvalue weighted by atomic mass is 32.1. The van der Waals surface area contributed by atoms with Gasteiger partial charge in [0.1, 0.15) is 0 Å². The molecule has 3 N–H and O–H groups in total. The molecular weight excluding hydrogens is 448 g/mol. The molecule has 2 aromatic rings. The molecule has 0 bridgehead atoms. The number of aryl methyl sites for hydroxylation is 2. The highest BCUT2D eigenvalue weighted by molar-refractivity contribution is 7.80. The van der Waals surface area contributed by atoms with E-state index in [1.807, 2.05) is 76.8 Å². The SMILES string of the molecule is CCN1C(=S)N[C@H](c2ccc(NC(=O)Nc3c(C)cccc3C)cc2)C(C(=O)OC(C)C)=C1C. The molecule has 0 saturated carbocycles. The van der Waals surface area contributed by atoms with E-state index >= 15 is 0 Å². The predicted octanol–water partition coefficient (Wildman–Crippen LogP) is 5.42. The number of carbonyl (C=O) groups is 2. The summed E-state index contributed by atoms with van der Waals surface area (Å²) in [7, 11) is 0. The number of para-hydroxylation sites is 1. The summed E-state index contributed by atoms with van der Waals surface area (Å²) in [6, 6.07) is 12.4. The first-order valence-electron chi connectivity index (χ1n) is 11.4. The molecule has 180 valence electrons. The van der Waals surface area contributed by atoms with Gasteiger partial charge in [0.05, 0.1) is 17.7 Å². The number of nitrogens with one attached hydrogen (secondary N) is 3. The summed E-state index contributed by atoms with van der Waals surface area (Å²) < 4.78 is 5.52. The molecular formula is C26H32N4O3S. The normalized spacial score (nSPS) is 15.8. The number of thiocarbonyl (C=S) groups is 1. The van der Waals surface area contributed by atoms with Crippen molar-refractivity contribution in [2.24, 2.45) is 0 Å². The van der Waals surface area contributed by atoms with Crippen LogP contribution in [0.4, 0.5) is 16.2 Å². The van der Waals surface area contributed by atoms with Crippen LogP contribution in [0, 0.1) is 13.8 Å². The number of anilines is 2. The van der Waals surface area contributed by atoms with Crippen LogP contribution in [0.1, 0.15) is 50.4 Å². The van der Waals surface area contributed by atoms with Crippen molar-refractivity contribution in [1.82, 2.24) is 10.2 Å². The third kappa shape index (κ3) is 5.56. The average molecular weight is 481 g/mol. The molecule has 0 aromatic heterocycles. The van der Waals surface area contributed by atoms with Crippen molar-refractivity contribution in [1.29, 1.82) is 0 Å². The lowest BCUT2D eigenvalue weighted by Gasteiger charge is -2.37. The number of allylic oxidation sites excluding steroid dienone is 1. The van der Waals surface area contributed by atoms with Crippen LogP contribution in [0.2, 0.25) is 0 Å². The molecule has 8 heteroatoms. The van der Waals surface area contributed by atoms with Crippen LogP contribution in [-0.4, -0.2) is 34.7 Å². The molecule has 2 amide bonds. The number of nitrogens with zero attached hydrogens (tertiary/aromatic N) is 1. The molecule has 0 radical (unpaired) electrons. The maximum Gasteiger partial charge on any atom is 0.338 e. The van der Waals surface area contributed by atoms with E-state index in [0.29, 0.717) is 22.9 Å². The van der Waals surface area contributed by atoms with Crippen molar-refractivity contribution in [3.8, 4) is 0 Å². The Morgan fingerprint density at radius 3 is 2.24 bits per heavy atom. The molecule has 0 saturated heterocycles. The fraction of sp³-hybridized carbons (Fsp3) is 0.346. The summed E-state index contributed by atoms with van der Waals surface area (Å²) in [5.74, 6) is -0.374. The fourth-order valence-electron chi connectivity index (χ4n) is 4.00. The van der Waals surface area contributed by atoms with Crippen molar-refractivity contribution in [2.45, 2.75) is 53.7 Å². The summed E-state index contributed by atoms with van der Waals surface area (Å²) >= 11 is 5.54. The molecule has 0 spiro atoms. The van der Waals surface area contributed by atoms with Crippen LogP contribution in [-0.2, 0) is 9.53 Å². The van der Waals surface area contributed by atoms with Gasteiger partial charge in [0, 0.05) is 23.6 Å². The number of rotatable bonds is 6. The first-order valence-corrected chi connectivity index (χ1v) is 11.8. The van der Waals surface area contributed by atoms with E-state index in [4.69, 9.17) is 17.0 Å². The first kappa shape index (κ1) is 25.2. The van der Waals surface area contributed by atoms with E-state index in [-0.39, 0.29) is 18.1 Å². The van der Waals surface area contributed by atoms with Gasteiger partial charge in [-0.1, -0.05) is 30.3 Å². The number of carbonyl (C=O) groups excluding carboxylic acids is 2. The van der Waals surface area contributed by atoms with E-state index in [0.717, 1.165) is 28.1 Å². The largest absolute Gasteiger partial charge is 0.459 e. The Morgan fingerprint density at radius 2 is 1.68 bits per heavy atom. The van der Waals surface area contributed by atoms with E-state index in [1.54, 1.807) is 12.1 Å². The number of amides is 2. The minimum absolute atomic E-state index is 0.237. The molecule has 2 aromatic carbocycles. The Bertz CT molecular complexity index is 1110. The van der Waals surface area contributed by atoms with Crippen LogP contribution in [0.15, 0.2) is 53.7 Å². The molecule has 1 atom stereocenters. The van der Waals surface area contributed by atoms with Gasteiger partial charge < -0.3 is 25.6 Å². The van der Waals surface area contributed by atoms with Crippen LogP contribution in [0.3, 0.4) is 0 Å². The maximum atomic E-state index is 13.0. The second-order valence-corrected chi connectivity index (χ2v) is 8.93. The maximum absolute atomic E-state index is 13.0. The van der Waals surface area contributed by atoms with Gasteiger partial charge in [-0.2, -0.15) is 0 Å². The second kappa shape index (κ2) is 10.7. The van der Waals surface area contributed by atoms with Gasteiger partial charge in [-0.05, 0) is 82.6 Å². The van der Waals surface area contributed by atoms with E-state index in [1.165, 1.54) is 0 Å². The predicted molar refractivity (Wildman–Crippen MR) is 140 cm³/mol. The Balaban J connectivity index is 1.81. The Hall–Kier alpha value is -3.39. The molecule has 1 aliphatic heterocycles. The quantitative estimate of drug-likeness (QED) is 0.378. The molecule has 0 unspecified atom stereocenters. The van der Waals surface area contributed by atoms with Gasteiger partial charge in [0.15, 0.2) is 5.11 Å². The summed E-state index contributed by atoms with van der Waals surface area (Å²) in [6.07, 6.45) is -0.237.